The van der Waals surface area contributed by atoms with Gasteiger partial charge in [0.25, 0.3) is 0 Å². The second-order valence-electron chi connectivity index (χ2n) is 2.68. The summed E-state index contributed by atoms with van der Waals surface area (Å²) in [6.45, 7) is 1.89. The lowest BCUT2D eigenvalue weighted by Gasteiger charge is -1.93. The molecule has 1 N–H and O–H groups in total. The Hall–Kier alpha value is -1.64. The minimum Gasteiger partial charge on any atom is -0.360 e. The number of nitrogens with zero attached hydrogens (tertiary/aromatic N) is 1. The van der Waals surface area contributed by atoms with Crippen molar-refractivity contribution in [2.24, 2.45) is 0 Å². The quantitative estimate of drug-likeness (QED) is 0.645. The van der Waals surface area contributed by atoms with Crippen LogP contribution in [-0.2, 0) is 0 Å². The molecule has 0 radical (unpaired) electrons. The number of pyridine rings is 1. The monoisotopic (exact) mass is 160 g/mol. The predicted octanol–water partition coefficient (Wildman–Crippen LogP) is 1.68. The first-order valence-electron chi connectivity index (χ1n) is 3.71. The molecule has 0 saturated carbocycles. The van der Waals surface area contributed by atoms with Crippen LogP contribution in [0.25, 0.3) is 10.9 Å². The highest BCUT2D eigenvalue weighted by Gasteiger charge is 2.04. The van der Waals surface area contributed by atoms with Crippen LogP contribution in [0.4, 0.5) is 0 Å². The summed E-state index contributed by atoms with van der Waals surface area (Å²) < 4.78 is 0. The molecular formula is C9H8N2O. The molecule has 0 aliphatic rings. The van der Waals surface area contributed by atoms with Gasteiger partial charge in [-0.25, -0.2) is 0 Å². The highest BCUT2D eigenvalue weighted by molar-refractivity contribution is 5.98. The van der Waals surface area contributed by atoms with E-state index in [0.717, 1.165) is 22.9 Å². The van der Waals surface area contributed by atoms with Gasteiger partial charge < -0.3 is 4.98 Å². The fourth-order valence-electron chi connectivity index (χ4n) is 1.37. The maximum absolute atomic E-state index is 10.6. The van der Waals surface area contributed by atoms with Crippen LogP contribution < -0.4 is 0 Å². The van der Waals surface area contributed by atoms with Gasteiger partial charge in [-0.15, -0.1) is 0 Å². The minimum absolute atomic E-state index is 0.676. The Morgan fingerprint density at radius 3 is 3.17 bits per heavy atom. The van der Waals surface area contributed by atoms with Crippen molar-refractivity contribution in [1.29, 1.82) is 0 Å². The van der Waals surface area contributed by atoms with E-state index < -0.39 is 0 Å². The minimum atomic E-state index is 0.676. The molecule has 0 aliphatic heterocycles. The molecule has 3 heteroatoms. The van der Waals surface area contributed by atoms with E-state index in [4.69, 9.17) is 0 Å². The zero-order valence-corrected chi connectivity index (χ0v) is 6.66. The Kier molecular flexibility index (Phi) is 1.43. The summed E-state index contributed by atoms with van der Waals surface area (Å²) in [5.74, 6) is 0. The Balaban J connectivity index is 2.91. The molecule has 0 unspecified atom stereocenters. The van der Waals surface area contributed by atoms with Crippen LogP contribution in [0, 0.1) is 6.92 Å². The molecule has 60 valence electrons. The van der Waals surface area contributed by atoms with Crippen LogP contribution >= 0.6 is 0 Å². The third kappa shape index (κ3) is 0.830. The van der Waals surface area contributed by atoms with Gasteiger partial charge >= 0.3 is 0 Å². The summed E-state index contributed by atoms with van der Waals surface area (Å²) in [5.41, 5.74) is 2.52. The third-order valence-corrected chi connectivity index (χ3v) is 1.94. The maximum Gasteiger partial charge on any atom is 0.152 e. The normalized spacial score (nSPS) is 10.4. The molecule has 0 aliphatic carbocycles. The number of carbonyl (C=O) groups excluding carboxylic acids is 1. The summed E-state index contributed by atoms with van der Waals surface area (Å²) >= 11 is 0. The van der Waals surface area contributed by atoms with E-state index in [2.05, 4.69) is 9.97 Å². The van der Waals surface area contributed by atoms with E-state index >= 15 is 0 Å². The lowest BCUT2D eigenvalue weighted by Crippen LogP contribution is -1.83. The number of aldehydes is 1. The first-order chi connectivity index (χ1) is 5.83. The predicted molar refractivity (Wildman–Crippen MR) is 46.2 cm³/mol. The Morgan fingerprint density at radius 2 is 2.42 bits per heavy atom. The SMILES string of the molecule is Cc1nccc2[nH]cc(C=O)c12. The zero-order chi connectivity index (χ0) is 8.55. The maximum atomic E-state index is 10.6. The third-order valence-electron chi connectivity index (χ3n) is 1.94. The van der Waals surface area contributed by atoms with E-state index in [0.29, 0.717) is 5.56 Å². The topological polar surface area (TPSA) is 45.8 Å². The first-order valence-corrected chi connectivity index (χ1v) is 3.71. The largest absolute Gasteiger partial charge is 0.360 e. The van der Waals surface area contributed by atoms with E-state index in [-0.39, 0.29) is 0 Å². The number of rotatable bonds is 1. The number of H-pyrrole nitrogens is 1. The number of fused-ring (bicyclic) bond motifs is 1. The van der Waals surface area contributed by atoms with Gasteiger partial charge in [-0.2, -0.15) is 0 Å². The average molecular weight is 160 g/mol. The Labute approximate surface area is 69.4 Å². The van der Waals surface area contributed by atoms with E-state index in [1.54, 1.807) is 12.4 Å². The van der Waals surface area contributed by atoms with Crippen molar-refractivity contribution in [3.8, 4) is 0 Å². The standard InChI is InChI=1S/C9H8N2O/c1-6-9-7(5-12)4-11-8(9)2-3-10-6/h2-5,11H,1H3. The van der Waals surface area contributed by atoms with Crippen molar-refractivity contribution < 1.29 is 4.79 Å². The van der Waals surface area contributed by atoms with Crippen molar-refractivity contribution in [3.05, 3.63) is 29.7 Å². The van der Waals surface area contributed by atoms with E-state index in [1.165, 1.54) is 0 Å². The highest BCUT2D eigenvalue weighted by Crippen LogP contribution is 2.18. The highest BCUT2D eigenvalue weighted by atomic mass is 16.1. The van der Waals surface area contributed by atoms with Gasteiger partial charge in [0.2, 0.25) is 0 Å². The van der Waals surface area contributed by atoms with Gasteiger partial charge in [0.05, 0.1) is 0 Å². The molecule has 2 heterocycles. The molecule has 0 saturated heterocycles. The van der Waals surface area contributed by atoms with Crippen LogP contribution in [-0.4, -0.2) is 16.3 Å². The summed E-state index contributed by atoms with van der Waals surface area (Å²) in [5, 5.41) is 0.924. The first kappa shape index (κ1) is 7.03. The zero-order valence-electron chi connectivity index (χ0n) is 6.66. The van der Waals surface area contributed by atoms with Crippen molar-refractivity contribution in [2.45, 2.75) is 6.92 Å². The lowest BCUT2D eigenvalue weighted by atomic mass is 10.2. The second kappa shape index (κ2) is 2.44. The van der Waals surface area contributed by atoms with Crippen molar-refractivity contribution in [2.75, 3.05) is 0 Å². The van der Waals surface area contributed by atoms with Gasteiger partial charge in [0, 0.05) is 34.6 Å². The Bertz CT molecular complexity index is 431. The lowest BCUT2D eigenvalue weighted by molar-refractivity contribution is 0.112. The van der Waals surface area contributed by atoms with Gasteiger partial charge in [-0.1, -0.05) is 0 Å². The molecule has 2 aromatic rings. The Morgan fingerprint density at radius 1 is 1.58 bits per heavy atom. The van der Waals surface area contributed by atoms with E-state index in [9.17, 15) is 4.79 Å². The number of aromatic amines is 1. The summed E-state index contributed by atoms with van der Waals surface area (Å²) in [6, 6.07) is 1.86. The number of hydrogen-bond donors (Lipinski definition) is 1. The van der Waals surface area contributed by atoms with Gasteiger partial charge in [-0.3, -0.25) is 9.78 Å². The molecule has 0 bridgehead atoms. The molecule has 3 nitrogen and oxygen atoms in total. The van der Waals surface area contributed by atoms with Crippen LogP contribution in [0.3, 0.4) is 0 Å². The fraction of sp³-hybridized carbons (Fsp3) is 0.111. The number of carbonyl (C=O) groups is 1. The van der Waals surface area contributed by atoms with Crippen LogP contribution in [0.2, 0.25) is 0 Å². The molecule has 0 atom stereocenters. The van der Waals surface area contributed by atoms with Gasteiger partial charge in [0.1, 0.15) is 0 Å². The summed E-state index contributed by atoms with van der Waals surface area (Å²) in [4.78, 5) is 17.7. The fourth-order valence-corrected chi connectivity index (χ4v) is 1.37. The van der Waals surface area contributed by atoms with Gasteiger partial charge in [-0.05, 0) is 13.0 Å². The molecule has 12 heavy (non-hydrogen) atoms. The number of hydrogen-bond acceptors (Lipinski definition) is 2. The second-order valence-corrected chi connectivity index (χ2v) is 2.68. The molecule has 0 fully saturated rings. The van der Waals surface area contributed by atoms with E-state index in [1.807, 2.05) is 13.0 Å². The van der Waals surface area contributed by atoms with Crippen molar-refractivity contribution >= 4 is 17.2 Å². The molecule has 2 rings (SSSR count). The summed E-state index contributed by atoms with van der Waals surface area (Å²) in [7, 11) is 0. The smallest absolute Gasteiger partial charge is 0.152 e. The number of aromatic nitrogens is 2. The average Bonchev–Trinajstić information content (AvgIpc) is 2.49. The van der Waals surface area contributed by atoms with Crippen molar-refractivity contribution in [1.82, 2.24) is 9.97 Å². The number of aryl methyl sites for hydroxylation is 1. The van der Waals surface area contributed by atoms with Gasteiger partial charge in [0.15, 0.2) is 6.29 Å². The van der Waals surface area contributed by atoms with Crippen LogP contribution in [0.1, 0.15) is 16.1 Å². The molecule has 0 aromatic carbocycles. The van der Waals surface area contributed by atoms with Crippen molar-refractivity contribution in [3.63, 3.8) is 0 Å². The van der Waals surface area contributed by atoms with Crippen LogP contribution in [0.15, 0.2) is 18.5 Å². The van der Waals surface area contributed by atoms with Crippen LogP contribution in [0.5, 0.6) is 0 Å². The molecular weight excluding hydrogens is 152 g/mol. The number of nitrogens with one attached hydrogen (secondary N) is 1. The molecule has 0 amide bonds. The summed E-state index contributed by atoms with van der Waals surface area (Å²) in [6.07, 6.45) is 4.27. The molecule has 0 spiro atoms. The molecule has 2 aromatic heterocycles.